The molecule has 17 heavy (non-hydrogen) atoms. The predicted molar refractivity (Wildman–Crippen MR) is 57.9 cm³/mol. The second-order valence-corrected chi connectivity index (χ2v) is 3.12. The molecular weight excluding hydrogens is 226 g/mol. The van der Waals surface area contributed by atoms with Crippen LogP contribution in [0.25, 0.3) is 6.08 Å². The Kier molecular flexibility index (Phi) is 3.62. The maximum atomic E-state index is 11.4. The number of ether oxygens (including phenoxy) is 1. The van der Waals surface area contributed by atoms with Crippen LogP contribution in [-0.2, 0) is 16.6 Å². The Morgan fingerprint density at radius 1 is 1.59 bits per heavy atom. The molecule has 1 rings (SSSR count). The number of hydrogen-bond acceptors (Lipinski definition) is 5. The van der Waals surface area contributed by atoms with E-state index in [0.29, 0.717) is 0 Å². The van der Waals surface area contributed by atoms with Gasteiger partial charge in [-0.05, 0) is 6.08 Å². The van der Waals surface area contributed by atoms with Crippen LogP contribution < -0.4 is 11.2 Å². The van der Waals surface area contributed by atoms with Gasteiger partial charge in [0.1, 0.15) is 11.6 Å². The average Bonchev–Trinajstić information content (AvgIpc) is 2.31. The first-order valence-electron chi connectivity index (χ1n) is 4.49. The minimum atomic E-state index is -0.847. The number of methoxy groups -OCH3 is 1. The number of H-pyrrole nitrogens is 1. The van der Waals surface area contributed by atoms with Gasteiger partial charge in [-0.2, -0.15) is 5.26 Å². The third-order valence-corrected chi connectivity index (χ3v) is 1.96. The molecule has 0 bridgehead atoms. The Labute approximate surface area is 95.6 Å². The number of rotatable bonds is 2. The van der Waals surface area contributed by atoms with Crippen molar-refractivity contribution < 1.29 is 9.53 Å². The average molecular weight is 235 g/mol. The largest absolute Gasteiger partial charge is 0.465 e. The minimum absolute atomic E-state index is 0.0223. The Hall–Kier alpha value is -2.62. The third kappa shape index (κ3) is 2.69. The second-order valence-electron chi connectivity index (χ2n) is 3.12. The zero-order chi connectivity index (χ0) is 13.0. The first-order chi connectivity index (χ1) is 7.99. The van der Waals surface area contributed by atoms with Crippen molar-refractivity contribution in [2.24, 2.45) is 7.05 Å². The summed E-state index contributed by atoms with van der Waals surface area (Å²) in [4.78, 5) is 35.6. The van der Waals surface area contributed by atoms with E-state index >= 15 is 0 Å². The van der Waals surface area contributed by atoms with E-state index < -0.39 is 17.2 Å². The summed E-state index contributed by atoms with van der Waals surface area (Å²) < 4.78 is 5.48. The van der Waals surface area contributed by atoms with E-state index in [4.69, 9.17) is 5.26 Å². The van der Waals surface area contributed by atoms with Gasteiger partial charge in [0.2, 0.25) is 0 Å². The normalized spacial score (nSPS) is 10.8. The molecule has 1 aromatic rings. The molecule has 0 saturated carbocycles. The molecule has 0 radical (unpaired) electrons. The Morgan fingerprint density at radius 2 is 2.24 bits per heavy atom. The molecule has 1 aromatic heterocycles. The molecule has 0 aliphatic rings. The van der Waals surface area contributed by atoms with Gasteiger partial charge in [0.15, 0.2) is 0 Å². The van der Waals surface area contributed by atoms with Crippen LogP contribution in [0.3, 0.4) is 0 Å². The van der Waals surface area contributed by atoms with E-state index in [1.54, 1.807) is 6.07 Å². The molecule has 0 aromatic carbocycles. The van der Waals surface area contributed by atoms with E-state index in [2.05, 4.69) is 4.74 Å². The summed E-state index contributed by atoms with van der Waals surface area (Å²) in [7, 11) is 2.55. The molecule has 7 nitrogen and oxygen atoms in total. The second kappa shape index (κ2) is 4.94. The van der Waals surface area contributed by atoms with Crippen LogP contribution >= 0.6 is 0 Å². The van der Waals surface area contributed by atoms with Crippen LogP contribution in [-0.4, -0.2) is 22.6 Å². The summed E-state index contributed by atoms with van der Waals surface area (Å²) in [5, 5.41) is 8.70. The molecule has 0 fully saturated rings. The maximum absolute atomic E-state index is 11.4. The van der Waals surface area contributed by atoms with Gasteiger partial charge in [0.05, 0.1) is 12.7 Å². The number of carbonyl (C=O) groups excluding carboxylic acids is 1. The minimum Gasteiger partial charge on any atom is -0.465 e. The number of esters is 1. The molecular formula is C10H9N3O4. The first kappa shape index (κ1) is 12.4. The van der Waals surface area contributed by atoms with Crippen molar-refractivity contribution in [2.75, 3.05) is 7.11 Å². The van der Waals surface area contributed by atoms with Gasteiger partial charge in [-0.15, -0.1) is 0 Å². The zero-order valence-corrected chi connectivity index (χ0v) is 9.18. The van der Waals surface area contributed by atoms with Gasteiger partial charge in [-0.1, -0.05) is 0 Å². The van der Waals surface area contributed by atoms with Crippen molar-refractivity contribution in [3.63, 3.8) is 0 Å². The Morgan fingerprint density at radius 3 is 2.76 bits per heavy atom. The molecule has 88 valence electrons. The predicted octanol–water partition coefficient (Wildman–Crippen LogP) is -0.846. The van der Waals surface area contributed by atoms with Crippen molar-refractivity contribution in [1.29, 1.82) is 5.26 Å². The third-order valence-electron chi connectivity index (χ3n) is 1.96. The lowest BCUT2D eigenvalue weighted by Crippen LogP contribution is -2.29. The monoisotopic (exact) mass is 235 g/mol. The number of nitriles is 1. The fourth-order valence-corrected chi connectivity index (χ4v) is 1.09. The Bertz CT molecular complexity index is 630. The number of aromatic amines is 1. The summed E-state index contributed by atoms with van der Waals surface area (Å²) >= 11 is 0. The molecule has 0 aliphatic carbocycles. The standard InChI is InChI=1S/C10H9N3O4/c1-13-5-7(8(14)12-10(13)16)3-6(4-11)9(15)17-2/h3,5H,1-2H3,(H,12,14,16)/b6-3+. The first-order valence-corrected chi connectivity index (χ1v) is 4.49. The van der Waals surface area contributed by atoms with Crippen LogP contribution in [0.4, 0.5) is 0 Å². The summed E-state index contributed by atoms with van der Waals surface area (Å²) in [5.74, 6) is -0.847. The quantitative estimate of drug-likeness (QED) is 0.408. The highest BCUT2D eigenvalue weighted by Crippen LogP contribution is 2.01. The summed E-state index contributed by atoms with van der Waals surface area (Å²) in [5.41, 5.74) is -1.56. The summed E-state index contributed by atoms with van der Waals surface area (Å²) in [6.45, 7) is 0. The van der Waals surface area contributed by atoms with Crippen molar-refractivity contribution >= 4 is 12.0 Å². The van der Waals surface area contributed by atoms with Crippen molar-refractivity contribution in [3.05, 3.63) is 38.2 Å². The molecule has 7 heteroatoms. The molecule has 0 spiro atoms. The molecule has 1 N–H and O–H groups in total. The highest BCUT2D eigenvalue weighted by molar-refractivity contribution is 5.97. The lowest BCUT2D eigenvalue weighted by atomic mass is 10.2. The summed E-state index contributed by atoms with van der Waals surface area (Å²) in [6.07, 6.45) is 2.28. The highest BCUT2D eigenvalue weighted by Gasteiger charge is 2.10. The van der Waals surface area contributed by atoms with Gasteiger partial charge >= 0.3 is 11.7 Å². The molecule has 0 amide bonds. The molecule has 0 saturated heterocycles. The van der Waals surface area contributed by atoms with Crippen LogP contribution in [0.15, 0.2) is 21.4 Å². The van der Waals surface area contributed by atoms with Crippen LogP contribution in [0.1, 0.15) is 5.56 Å². The smallest absolute Gasteiger partial charge is 0.348 e. The molecule has 0 unspecified atom stereocenters. The SMILES string of the molecule is COC(=O)/C(C#N)=C/c1cn(C)c(=O)[nH]c1=O. The van der Waals surface area contributed by atoms with E-state index in [9.17, 15) is 14.4 Å². The number of aryl methyl sites for hydroxylation is 1. The van der Waals surface area contributed by atoms with Gasteiger partial charge in [0, 0.05) is 13.2 Å². The number of aromatic nitrogens is 2. The molecule has 0 aliphatic heterocycles. The fourth-order valence-electron chi connectivity index (χ4n) is 1.09. The van der Waals surface area contributed by atoms with E-state index in [1.807, 2.05) is 4.98 Å². The molecule has 0 atom stereocenters. The van der Waals surface area contributed by atoms with Gasteiger partial charge < -0.3 is 9.30 Å². The van der Waals surface area contributed by atoms with Crippen LogP contribution in [0, 0.1) is 11.3 Å². The number of nitrogens with zero attached hydrogens (tertiary/aromatic N) is 2. The lowest BCUT2D eigenvalue weighted by Gasteiger charge is -1.99. The maximum Gasteiger partial charge on any atom is 0.348 e. The van der Waals surface area contributed by atoms with Gasteiger partial charge in [-0.25, -0.2) is 9.59 Å². The number of nitrogens with one attached hydrogen (secondary N) is 1. The zero-order valence-electron chi connectivity index (χ0n) is 9.18. The van der Waals surface area contributed by atoms with E-state index in [0.717, 1.165) is 17.8 Å². The van der Waals surface area contributed by atoms with Crippen LogP contribution in [0.5, 0.6) is 0 Å². The highest BCUT2D eigenvalue weighted by atomic mass is 16.5. The molecule has 1 heterocycles. The van der Waals surface area contributed by atoms with Crippen molar-refractivity contribution in [3.8, 4) is 6.07 Å². The van der Waals surface area contributed by atoms with Crippen LogP contribution in [0.2, 0.25) is 0 Å². The van der Waals surface area contributed by atoms with E-state index in [1.165, 1.54) is 13.2 Å². The van der Waals surface area contributed by atoms with Gasteiger partial charge in [0.25, 0.3) is 5.56 Å². The van der Waals surface area contributed by atoms with E-state index in [-0.39, 0.29) is 11.1 Å². The Balaban J connectivity index is 3.37. The van der Waals surface area contributed by atoms with Crippen molar-refractivity contribution in [1.82, 2.24) is 9.55 Å². The fraction of sp³-hybridized carbons (Fsp3) is 0.200. The topological polar surface area (TPSA) is 105 Å². The van der Waals surface area contributed by atoms with Crippen molar-refractivity contribution in [2.45, 2.75) is 0 Å². The number of hydrogen-bond donors (Lipinski definition) is 1. The summed E-state index contributed by atoms with van der Waals surface area (Å²) in [6, 6.07) is 1.61. The van der Waals surface area contributed by atoms with Gasteiger partial charge in [-0.3, -0.25) is 9.78 Å². The number of carbonyl (C=O) groups is 1. The lowest BCUT2D eigenvalue weighted by molar-refractivity contribution is -0.135.